The minimum Gasteiger partial charge on any atom is -0.369 e. The van der Waals surface area contributed by atoms with Crippen LogP contribution in [0.3, 0.4) is 0 Å². The van der Waals surface area contributed by atoms with E-state index in [-0.39, 0.29) is 17.6 Å². The van der Waals surface area contributed by atoms with Crippen LogP contribution in [0.25, 0.3) is 0 Å². The summed E-state index contributed by atoms with van der Waals surface area (Å²) in [5.74, 6) is 0.233. The lowest BCUT2D eigenvalue weighted by atomic mass is 9.97. The Morgan fingerprint density at radius 1 is 1.37 bits per heavy atom. The van der Waals surface area contributed by atoms with Gasteiger partial charge in [-0.1, -0.05) is 37.3 Å². The molecule has 1 aromatic rings. The third kappa shape index (κ3) is 3.16. The average molecular weight is 261 g/mol. The molecule has 1 aromatic carbocycles. The molecule has 0 aliphatic carbocycles. The van der Waals surface area contributed by atoms with Gasteiger partial charge in [0, 0.05) is 6.42 Å². The minimum absolute atomic E-state index is 0.00460. The molecule has 1 atom stereocenters. The van der Waals surface area contributed by atoms with Gasteiger partial charge in [-0.3, -0.25) is 4.79 Å². The Balaban J connectivity index is 2.14. The quantitative estimate of drug-likeness (QED) is 0.836. The molecule has 1 unspecified atom stereocenters. The third-order valence-corrected chi connectivity index (χ3v) is 3.65. The number of nitrogens with zero attached hydrogens (tertiary/aromatic N) is 1. The third-order valence-electron chi connectivity index (χ3n) is 3.65. The molecule has 1 amide bonds. The lowest BCUT2D eigenvalue weighted by molar-refractivity contribution is -0.154. The van der Waals surface area contributed by atoms with Crippen molar-refractivity contribution in [2.75, 3.05) is 13.2 Å². The van der Waals surface area contributed by atoms with Crippen LogP contribution < -0.4 is 0 Å². The van der Waals surface area contributed by atoms with Crippen LogP contribution >= 0.6 is 0 Å². The molecule has 2 rings (SSSR count). The van der Waals surface area contributed by atoms with Gasteiger partial charge in [-0.15, -0.1) is 0 Å². The zero-order valence-corrected chi connectivity index (χ0v) is 12.1. The molecule has 0 N–H and O–H groups in total. The van der Waals surface area contributed by atoms with Gasteiger partial charge < -0.3 is 9.64 Å². The molecule has 104 valence electrons. The summed E-state index contributed by atoms with van der Waals surface area (Å²) in [6.45, 7) is 7.42. The monoisotopic (exact) mass is 261 g/mol. The van der Waals surface area contributed by atoms with Crippen LogP contribution in [0, 0.1) is 0 Å². The van der Waals surface area contributed by atoms with Crippen LogP contribution in [0.5, 0.6) is 0 Å². The van der Waals surface area contributed by atoms with Crippen molar-refractivity contribution in [3.05, 3.63) is 35.9 Å². The predicted octanol–water partition coefficient (Wildman–Crippen LogP) is 3.17. The van der Waals surface area contributed by atoms with Crippen LogP contribution in [0.2, 0.25) is 0 Å². The molecule has 3 heteroatoms. The van der Waals surface area contributed by atoms with E-state index in [0.29, 0.717) is 19.6 Å². The van der Waals surface area contributed by atoms with Gasteiger partial charge in [-0.2, -0.15) is 0 Å². The van der Waals surface area contributed by atoms with Crippen molar-refractivity contribution in [1.29, 1.82) is 0 Å². The lowest BCUT2D eigenvalue weighted by Crippen LogP contribution is -2.56. The van der Waals surface area contributed by atoms with E-state index in [2.05, 4.69) is 26.0 Å². The van der Waals surface area contributed by atoms with Crippen LogP contribution in [-0.2, 0) is 9.53 Å². The predicted molar refractivity (Wildman–Crippen MR) is 75.8 cm³/mol. The van der Waals surface area contributed by atoms with Gasteiger partial charge in [-0.05, 0) is 25.8 Å². The van der Waals surface area contributed by atoms with Crippen LogP contribution in [0.15, 0.2) is 30.3 Å². The second-order valence-corrected chi connectivity index (χ2v) is 5.78. The highest BCUT2D eigenvalue weighted by Crippen LogP contribution is 2.30. The van der Waals surface area contributed by atoms with Crippen LogP contribution in [0.1, 0.15) is 45.3 Å². The van der Waals surface area contributed by atoms with E-state index in [1.807, 2.05) is 30.0 Å². The maximum atomic E-state index is 12.3. The summed E-state index contributed by atoms with van der Waals surface area (Å²) in [5.41, 5.74) is 0.935. The molecule has 0 radical (unpaired) electrons. The summed E-state index contributed by atoms with van der Waals surface area (Å²) < 4.78 is 5.94. The largest absolute Gasteiger partial charge is 0.369 e. The number of hydrogen-bond donors (Lipinski definition) is 0. The number of hydrogen-bond acceptors (Lipinski definition) is 2. The first-order valence-corrected chi connectivity index (χ1v) is 7.01. The van der Waals surface area contributed by atoms with E-state index in [9.17, 15) is 4.79 Å². The second kappa shape index (κ2) is 5.74. The molecule has 0 saturated carbocycles. The summed E-state index contributed by atoms with van der Waals surface area (Å²) in [6.07, 6.45) is 1.50. The fourth-order valence-electron chi connectivity index (χ4n) is 2.51. The molecular formula is C16H23NO2. The fraction of sp³-hybridized carbons (Fsp3) is 0.562. The van der Waals surface area contributed by atoms with E-state index in [4.69, 9.17) is 4.74 Å². The fourth-order valence-corrected chi connectivity index (χ4v) is 2.51. The highest BCUT2D eigenvalue weighted by molar-refractivity contribution is 5.77. The van der Waals surface area contributed by atoms with Crippen molar-refractivity contribution in [3.8, 4) is 0 Å². The summed E-state index contributed by atoms with van der Waals surface area (Å²) in [5, 5.41) is 0. The Labute approximate surface area is 115 Å². The second-order valence-electron chi connectivity index (χ2n) is 5.78. The van der Waals surface area contributed by atoms with Gasteiger partial charge in [0.2, 0.25) is 5.91 Å². The average Bonchev–Trinajstić information content (AvgIpc) is 2.39. The standard InChI is InChI=1S/C16H23NO2/c1-4-8-15(18)17-11-14(19-12-16(17,2)3)13-9-6-5-7-10-13/h5-7,9-10,14H,4,8,11-12H2,1-3H3. The van der Waals surface area contributed by atoms with Crippen molar-refractivity contribution in [1.82, 2.24) is 4.90 Å². The van der Waals surface area contributed by atoms with E-state index in [0.717, 1.165) is 12.0 Å². The zero-order chi connectivity index (χ0) is 13.9. The van der Waals surface area contributed by atoms with Gasteiger partial charge >= 0.3 is 0 Å². The summed E-state index contributed by atoms with van der Waals surface area (Å²) in [4.78, 5) is 14.2. The number of amides is 1. The Morgan fingerprint density at radius 3 is 2.68 bits per heavy atom. The maximum Gasteiger partial charge on any atom is 0.223 e. The molecule has 1 fully saturated rings. The minimum atomic E-state index is -0.211. The molecular weight excluding hydrogens is 238 g/mol. The van der Waals surface area contributed by atoms with E-state index in [1.54, 1.807) is 0 Å². The van der Waals surface area contributed by atoms with E-state index >= 15 is 0 Å². The number of carbonyl (C=O) groups excluding carboxylic acids is 1. The van der Waals surface area contributed by atoms with Gasteiger partial charge in [0.25, 0.3) is 0 Å². The van der Waals surface area contributed by atoms with Crippen molar-refractivity contribution >= 4 is 5.91 Å². The number of ether oxygens (including phenoxy) is 1. The molecule has 1 aliphatic heterocycles. The highest BCUT2D eigenvalue weighted by atomic mass is 16.5. The molecule has 3 nitrogen and oxygen atoms in total. The van der Waals surface area contributed by atoms with Crippen molar-refractivity contribution in [3.63, 3.8) is 0 Å². The smallest absolute Gasteiger partial charge is 0.223 e. The summed E-state index contributed by atoms with van der Waals surface area (Å²) in [7, 11) is 0. The Bertz CT molecular complexity index is 428. The number of benzene rings is 1. The Kier molecular flexibility index (Phi) is 4.25. The van der Waals surface area contributed by atoms with Crippen molar-refractivity contribution in [2.24, 2.45) is 0 Å². The molecule has 1 saturated heterocycles. The first kappa shape index (κ1) is 14.1. The molecule has 0 bridgehead atoms. The highest BCUT2D eigenvalue weighted by Gasteiger charge is 2.37. The molecule has 1 heterocycles. The van der Waals surface area contributed by atoms with Gasteiger partial charge in [0.15, 0.2) is 0 Å². The molecule has 1 aliphatic rings. The van der Waals surface area contributed by atoms with Crippen molar-refractivity contribution < 1.29 is 9.53 Å². The first-order valence-electron chi connectivity index (χ1n) is 7.01. The van der Waals surface area contributed by atoms with Crippen LogP contribution in [0.4, 0.5) is 0 Å². The van der Waals surface area contributed by atoms with Gasteiger partial charge in [0.05, 0.1) is 18.7 Å². The topological polar surface area (TPSA) is 29.5 Å². The van der Waals surface area contributed by atoms with E-state index < -0.39 is 0 Å². The van der Waals surface area contributed by atoms with Gasteiger partial charge in [-0.25, -0.2) is 0 Å². The Hall–Kier alpha value is -1.35. The number of morpholine rings is 1. The Morgan fingerprint density at radius 2 is 2.05 bits per heavy atom. The lowest BCUT2D eigenvalue weighted by Gasteiger charge is -2.45. The summed E-state index contributed by atoms with van der Waals surface area (Å²) >= 11 is 0. The van der Waals surface area contributed by atoms with Crippen LogP contribution in [-0.4, -0.2) is 29.5 Å². The van der Waals surface area contributed by atoms with Gasteiger partial charge in [0.1, 0.15) is 6.10 Å². The summed E-state index contributed by atoms with van der Waals surface area (Å²) in [6, 6.07) is 10.1. The number of carbonyl (C=O) groups is 1. The molecule has 19 heavy (non-hydrogen) atoms. The van der Waals surface area contributed by atoms with Crippen molar-refractivity contribution in [2.45, 2.75) is 45.3 Å². The normalized spacial score (nSPS) is 22.3. The van der Waals surface area contributed by atoms with E-state index in [1.165, 1.54) is 0 Å². The zero-order valence-electron chi connectivity index (χ0n) is 12.1. The molecule has 0 aromatic heterocycles. The number of rotatable bonds is 3. The SMILES string of the molecule is CCCC(=O)N1CC(c2ccccc2)OCC1(C)C. The molecule has 0 spiro atoms. The first-order chi connectivity index (χ1) is 9.04. The maximum absolute atomic E-state index is 12.3.